The van der Waals surface area contributed by atoms with Gasteiger partial charge in [0.15, 0.2) is 5.65 Å². The van der Waals surface area contributed by atoms with Crippen LogP contribution in [0.3, 0.4) is 0 Å². The molecule has 33 heavy (non-hydrogen) atoms. The summed E-state index contributed by atoms with van der Waals surface area (Å²) >= 11 is 0. The van der Waals surface area contributed by atoms with Crippen molar-refractivity contribution in [3.63, 3.8) is 0 Å². The molecule has 5 rings (SSSR count). The minimum absolute atomic E-state index is 0.0990. The highest BCUT2D eigenvalue weighted by Crippen LogP contribution is 2.32. The first kappa shape index (κ1) is 22.7. The number of nitriles is 1. The summed E-state index contributed by atoms with van der Waals surface area (Å²) < 4.78 is 1.84. The van der Waals surface area contributed by atoms with Crippen LogP contribution >= 0.6 is 0 Å². The van der Waals surface area contributed by atoms with Gasteiger partial charge in [0, 0.05) is 44.0 Å². The molecule has 1 amide bonds. The van der Waals surface area contributed by atoms with E-state index in [2.05, 4.69) is 23.4 Å². The van der Waals surface area contributed by atoms with E-state index >= 15 is 0 Å². The molecule has 0 bridgehead atoms. The number of fused-ring (bicyclic) bond motifs is 1. The van der Waals surface area contributed by atoms with Gasteiger partial charge < -0.3 is 14.9 Å². The number of pyridine rings is 1. The third-order valence-corrected chi connectivity index (χ3v) is 6.32. The maximum atomic E-state index is 13.3. The van der Waals surface area contributed by atoms with Crippen molar-refractivity contribution >= 4 is 17.4 Å². The molecule has 2 fully saturated rings. The molecule has 0 aliphatic carbocycles. The zero-order valence-corrected chi connectivity index (χ0v) is 18.9. The van der Waals surface area contributed by atoms with Gasteiger partial charge in [-0.1, -0.05) is 6.07 Å². The fourth-order valence-corrected chi connectivity index (χ4v) is 4.75. The van der Waals surface area contributed by atoms with Gasteiger partial charge in [0.1, 0.15) is 11.5 Å². The Balaban J connectivity index is 0.00000126. The average Bonchev–Trinajstić information content (AvgIpc) is 3.54. The number of amides is 1. The minimum Gasteiger partial charge on any atom is -0.390 e. The van der Waals surface area contributed by atoms with Crippen LogP contribution in [0, 0.1) is 18.8 Å². The first-order valence-electron chi connectivity index (χ1n) is 11.4. The molecule has 0 radical (unpaired) electrons. The standard InChI is InChI=1S/C23H28N6O2.CHN/c1-16-14-29-21(25-22(16)27-10-4-5-11-27)13-19(26-29)20-9-2-3-12-28(20)23(31)18-8-6-7-17(15-30)24-18;1-2/h6-8,13-14,20,30H,2-5,9-12,15H2,1H3;1H. The molecule has 2 aliphatic heterocycles. The number of hydrogen-bond acceptors (Lipinski definition) is 7. The Bertz CT molecular complexity index is 1150. The first-order valence-corrected chi connectivity index (χ1v) is 11.4. The maximum absolute atomic E-state index is 13.3. The van der Waals surface area contributed by atoms with Gasteiger partial charge in [-0.2, -0.15) is 5.10 Å². The highest BCUT2D eigenvalue weighted by atomic mass is 16.3. The quantitative estimate of drug-likeness (QED) is 0.654. The summed E-state index contributed by atoms with van der Waals surface area (Å²) in [5, 5.41) is 20.7. The largest absolute Gasteiger partial charge is 0.390 e. The van der Waals surface area contributed by atoms with Crippen molar-refractivity contribution in [2.45, 2.75) is 51.7 Å². The van der Waals surface area contributed by atoms with Crippen molar-refractivity contribution in [3.05, 3.63) is 53.1 Å². The lowest BCUT2D eigenvalue weighted by Crippen LogP contribution is -2.39. The van der Waals surface area contributed by atoms with E-state index in [0.29, 0.717) is 17.9 Å². The molecule has 5 heterocycles. The molecule has 2 aliphatic rings. The Morgan fingerprint density at radius 3 is 2.67 bits per heavy atom. The molecule has 0 saturated carbocycles. The Kier molecular flexibility index (Phi) is 6.84. The van der Waals surface area contributed by atoms with E-state index in [-0.39, 0.29) is 18.6 Å². The number of likely N-dealkylation sites (tertiary alicyclic amines) is 1. The van der Waals surface area contributed by atoms with Crippen LogP contribution in [0.1, 0.15) is 65.6 Å². The molecule has 9 heteroatoms. The summed E-state index contributed by atoms with van der Waals surface area (Å²) in [5.41, 5.74) is 3.68. The van der Waals surface area contributed by atoms with E-state index in [1.807, 2.05) is 21.7 Å². The maximum Gasteiger partial charge on any atom is 0.273 e. The number of piperidine rings is 1. The van der Waals surface area contributed by atoms with Crippen molar-refractivity contribution < 1.29 is 9.90 Å². The molecule has 172 valence electrons. The van der Waals surface area contributed by atoms with Gasteiger partial charge in [0.25, 0.3) is 5.91 Å². The van der Waals surface area contributed by atoms with Gasteiger partial charge in [0.05, 0.1) is 24.0 Å². The molecule has 1 unspecified atom stereocenters. The van der Waals surface area contributed by atoms with Gasteiger partial charge in [-0.3, -0.25) is 4.79 Å². The smallest absolute Gasteiger partial charge is 0.273 e. The van der Waals surface area contributed by atoms with E-state index in [1.165, 1.54) is 12.8 Å². The summed E-state index contributed by atoms with van der Waals surface area (Å²) in [6.07, 6.45) is 7.35. The first-order chi connectivity index (χ1) is 16.1. The van der Waals surface area contributed by atoms with Gasteiger partial charge in [0.2, 0.25) is 0 Å². The van der Waals surface area contributed by atoms with Gasteiger partial charge in [-0.25, -0.2) is 19.7 Å². The second-order valence-corrected chi connectivity index (χ2v) is 8.50. The number of aliphatic hydroxyl groups is 1. The topological polar surface area (TPSA) is 111 Å². The molecule has 1 atom stereocenters. The van der Waals surface area contributed by atoms with Crippen LogP contribution in [0.15, 0.2) is 30.5 Å². The van der Waals surface area contributed by atoms with Crippen molar-refractivity contribution in [3.8, 4) is 6.57 Å². The molecule has 3 aromatic rings. The van der Waals surface area contributed by atoms with Crippen molar-refractivity contribution in [1.29, 1.82) is 5.26 Å². The molecule has 2 saturated heterocycles. The SMILES string of the molecule is C#N.Cc1cn2nc(C3CCCCN3C(=O)c3cccc(CO)n3)cc2nc1N1CCCC1. The van der Waals surface area contributed by atoms with E-state index in [4.69, 9.17) is 15.3 Å². The lowest BCUT2D eigenvalue weighted by atomic mass is 9.99. The van der Waals surface area contributed by atoms with Crippen LogP contribution in [0.4, 0.5) is 5.82 Å². The van der Waals surface area contributed by atoms with Gasteiger partial charge in [-0.05, 0) is 51.2 Å². The van der Waals surface area contributed by atoms with Crippen LogP contribution < -0.4 is 4.90 Å². The highest BCUT2D eigenvalue weighted by Gasteiger charge is 2.31. The Morgan fingerprint density at radius 1 is 1.15 bits per heavy atom. The van der Waals surface area contributed by atoms with Crippen LogP contribution in [0.2, 0.25) is 0 Å². The summed E-state index contributed by atoms with van der Waals surface area (Å²) in [7, 11) is 0. The molecular weight excluding hydrogens is 418 g/mol. The summed E-state index contributed by atoms with van der Waals surface area (Å²) in [4.78, 5) is 26.7. The number of anilines is 1. The summed E-state index contributed by atoms with van der Waals surface area (Å²) in [5.74, 6) is 0.928. The van der Waals surface area contributed by atoms with E-state index in [0.717, 1.165) is 55.1 Å². The number of nitrogens with zero attached hydrogens (tertiary/aromatic N) is 7. The summed E-state index contributed by atoms with van der Waals surface area (Å²) in [6.45, 7) is 8.18. The number of aromatic nitrogens is 4. The van der Waals surface area contributed by atoms with E-state index < -0.39 is 0 Å². The molecule has 9 nitrogen and oxygen atoms in total. The predicted molar refractivity (Wildman–Crippen MR) is 124 cm³/mol. The fourth-order valence-electron chi connectivity index (χ4n) is 4.75. The number of carbonyl (C=O) groups is 1. The number of aliphatic hydroxyl groups excluding tert-OH is 1. The molecular formula is C24H29N7O2. The van der Waals surface area contributed by atoms with Crippen LogP contribution in [-0.4, -0.2) is 55.1 Å². The van der Waals surface area contributed by atoms with Gasteiger partial charge in [-0.15, -0.1) is 0 Å². The average molecular weight is 448 g/mol. The van der Waals surface area contributed by atoms with E-state index in [1.54, 1.807) is 18.2 Å². The highest BCUT2D eigenvalue weighted by molar-refractivity contribution is 5.92. The molecule has 0 aromatic carbocycles. The third kappa shape index (κ3) is 4.52. The third-order valence-electron chi connectivity index (χ3n) is 6.32. The lowest BCUT2D eigenvalue weighted by molar-refractivity contribution is 0.0599. The van der Waals surface area contributed by atoms with Crippen LogP contribution in [0.25, 0.3) is 5.65 Å². The fraction of sp³-hybridized carbons (Fsp3) is 0.458. The Labute approximate surface area is 193 Å². The van der Waals surface area contributed by atoms with Crippen molar-refractivity contribution in [1.82, 2.24) is 24.5 Å². The van der Waals surface area contributed by atoms with Crippen LogP contribution in [-0.2, 0) is 6.61 Å². The van der Waals surface area contributed by atoms with Gasteiger partial charge >= 0.3 is 0 Å². The van der Waals surface area contributed by atoms with E-state index in [9.17, 15) is 9.90 Å². The van der Waals surface area contributed by atoms with Crippen molar-refractivity contribution in [2.75, 3.05) is 24.5 Å². The molecule has 0 spiro atoms. The number of aryl methyl sites for hydroxylation is 1. The van der Waals surface area contributed by atoms with Crippen LogP contribution in [0.5, 0.6) is 0 Å². The normalized spacial score (nSPS) is 18.2. The number of hydrogen-bond donors (Lipinski definition) is 1. The summed E-state index contributed by atoms with van der Waals surface area (Å²) in [6, 6.07) is 7.12. The molecule has 3 aromatic heterocycles. The van der Waals surface area contributed by atoms with Crippen molar-refractivity contribution in [2.24, 2.45) is 0 Å². The Hall–Kier alpha value is -3.51. The Morgan fingerprint density at radius 2 is 1.91 bits per heavy atom. The molecule has 1 N–H and O–H groups in total. The lowest BCUT2D eigenvalue weighted by Gasteiger charge is -2.34. The minimum atomic E-state index is -0.179. The number of carbonyl (C=O) groups excluding carboxylic acids is 1. The zero-order valence-electron chi connectivity index (χ0n) is 18.9. The predicted octanol–water partition coefficient (Wildman–Crippen LogP) is 3.03. The number of rotatable bonds is 4. The second kappa shape index (κ2) is 9.96. The zero-order chi connectivity index (χ0) is 23.4. The second-order valence-electron chi connectivity index (χ2n) is 8.50. The monoisotopic (exact) mass is 447 g/mol.